The lowest BCUT2D eigenvalue weighted by Gasteiger charge is -2.05. The molecule has 0 aliphatic heterocycles. The topological polar surface area (TPSA) is 62.2 Å². The fraction of sp³-hybridized carbons (Fsp3) is 0.167. The summed E-state index contributed by atoms with van der Waals surface area (Å²) >= 11 is 1.12. The van der Waals surface area contributed by atoms with Crippen molar-refractivity contribution in [3.63, 3.8) is 0 Å². The lowest BCUT2D eigenvalue weighted by molar-refractivity contribution is 0.0702. The Balaban J connectivity index is 2.19. The van der Waals surface area contributed by atoms with Gasteiger partial charge in [0.25, 0.3) is 0 Å². The van der Waals surface area contributed by atoms with Crippen molar-refractivity contribution in [2.75, 3.05) is 5.32 Å². The largest absolute Gasteiger partial charge is 0.477 e. The first-order chi connectivity index (χ1) is 8.06. The summed E-state index contributed by atoms with van der Waals surface area (Å²) in [7, 11) is 0. The van der Waals surface area contributed by atoms with E-state index in [1.54, 1.807) is 0 Å². The van der Waals surface area contributed by atoms with Gasteiger partial charge in [-0.25, -0.2) is 9.78 Å². The van der Waals surface area contributed by atoms with Gasteiger partial charge in [-0.1, -0.05) is 17.4 Å². The van der Waals surface area contributed by atoms with Crippen molar-refractivity contribution in [3.05, 3.63) is 40.4 Å². The van der Waals surface area contributed by atoms with Crippen LogP contribution in [-0.2, 0) is 0 Å². The molecule has 2 N–H and O–H groups in total. The Morgan fingerprint density at radius 2 is 2.12 bits per heavy atom. The van der Waals surface area contributed by atoms with Crippen LogP contribution in [0.1, 0.15) is 20.8 Å². The molecule has 1 aromatic carbocycles. The molecule has 0 saturated heterocycles. The standard InChI is InChI=1S/C12H12N2O2S/c1-7-3-4-9(5-8(7)2)14-12-13-6-10(17-12)11(15)16/h3-6H,1-2H3,(H,13,14)(H,15,16). The highest BCUT2D eigenvalue weighted by atomic mass is 32.1. The number of thiazole rings is 1. The van der Waals surface area contributed by atoms with E-state index >= 15 is 0 Å². The predicted octanol–water partition coefficient (Wildman–Crippen LogP) is 3.20. The Kier molecular flexibility index (Phi) is 3.10. The van der Waals surface area contributed by atoms with Gasteiger partial charge in [0.2, 0.25) is 0 Å². The van der Waals surface area contributed by atoms with E-state index in [1.807, 2.05) is 32.0 Å². The van der Waals surface area contributed by atoms with Gasteiger partial charge in [-0.2, -0.15) is 0 Å². The summed E-state index contributed by atoms with van der Waals surface area (Å²) < 4.78 is 0. The van der Waals surface area contributed by atoms with Gasteiger partial charge in [0, 0.05) is 5.69 Å². The second-order valence-corrected chi connectivity index (χ2v) is 4.79. The molecule has 5 heteroatoms. The number of nitrogens with one attached hydrogen (secondary N) is 1. The normalized spacial score (nSPS) is 10.2. The van der Waals surface area contributed by atoms with Crippen LogP contribution >= 0.6 is 11.3 Å². The molecule has 1 heterocycles. The van der Waals surface area contributed by atoms with E-state index in [2.05, 4.69) is 10.3 Å². The van der Waals surface area contributed by atoms with Crippen molar-refractivity contribution in [1.29, 1.82) is 0 Å². The lowest BCUT2D eigenvalue weighted by Crippen LogP contribution is -1.91. The van der Waals surface area contributed by atoms with E-state index < -0.39 is 5.97 Å². The highest BCUT2D eigenvalue weighted by molar-refractivity contribution is 7.17. The van der Waals surface area contributed by atoms with Gasteiger partial charge >= 0.3 is 5.97 Å². The number of benzene rings is 1. The van der Waals surface area contributed by atoms with Gasteiger partial charge in [0.15, 0.2) is 5.13 Å². The lowest BCUT2D eigenvalue weighted by atomic mass is 10.1. The maximum Gasteiger partial charge on any atom is 0.347 e. The number of nitrogens with zero attached hydrogens (tertiary/aromatic N) is 1. The summed E-state index contributed by atoms with van der Waals surface area (Å²) in [4.78, 5) is 15.0. The van der Waals surface area contributed by atoms with Gasteiger partial charge in [-0.15, -0.1) is 0 Å². The SMILES string of the molecule is Cc1ccc(Nc2ncc(C(=O)O)s2)cc1C. The summed E-state index contributed by atoms with van der Waals surface area (Å²) in [5.41, 5.74) is 3.32. The Bertz CT molecular complexity index is 563. The van der Waals surface area contributed by atoms with E-state index in [4.69, 9.17) is 5.11 Å². The van der Waals surface area contributed by atoms with Gasteiger partial charge in [-0.05, 0) is 37.1 Å². The highest BCUT2D eigenvalue weighted by Crippen LogP contribution is 2.23. The minimum Gasteiger partial charge on any atom is -0.477 e. The van der Waals surface area contributed by atoms with Crippen molar-refractivity contribution in [2.24, 2.45) is 0 Å². The van der Waals surface area contributed by atoms with Crippen LogP contribution in [0.15, 0.2) is 24.4 Å². The number of hydrogen-bond acceptors (Lipinski definition) is 4. The van der Waals surface area contributed by atoms with Crippen LogP contribution in [0.5, 0.6) is 0 Å². The smallest absolute Gasteiger partial charge is 0.347 e. The summed E-state index contributed by atoms with van der Waals surface area (Å²) in [5.74, 6) is -0.948. The quantitative estimate of drug-likeness (QED) is 0.875. The van der Waals surface area contributed by atoms with Gasteiger partial charge in [-0.3, -0.25) is 0 Å². The van der Waals surface area contributed by atoms with Crippen molar-refractivity contribution >= 4 is 28.1 Å². The molecule has 0 atom stereocenters. The van der Waals surface area contributed by atoms with Gasteiger partial charge in [0.1, 0.15) is 4.88 Å². The molecule has 0 unspecified atom stereocenters. The number of rotatable bonds is 3. The minimum absolute atomic E-state index is 0.233. The first-order valence-electron chi connectivity index (χ1n) is 5.09. The Hall–Kier alpha value is -1.88. The van der Waals surface area contributed by atoms with E-state index in [0.717, 1.165) is 17.0 Å². The van der Waals surface area contributed by atoms with Crippen LogP contribution in [0.4, 0.5) is 10.8 Å². The zero-order valence-corrected chi connectivity index (χ0v) is 10.3. The molecule has 17 heavy (non-hydrogen) atoms. The van der Waals surface area contributed by atoms with E-state index in [9.17, 15) is 4.79 Å². The van der Waals surface area contributed by atoms with E-state index in [0.29, 0.717) is 5.13 Å². The van der Waals surface area contributed by atoms with E-state index in [1.165, 1.54) is 17.3 Å². The third-order valence-electron chi connectivity index (χ3n) is 2.47. The number of carbonyl (C=O) groups is 1. The second kappa shape index (κ2) is 4.55. The minimum atomic E-state index is -0.948. The maximum atomic E-state index is 10.7. The fourth-order valence-electron chi connectivity index (χ4n) is 1.37. The van der Waals surface area contributed by atoms with Crippen molar-refractivity contribution in [1.82, 2.24) is 4.98 Å². The number of aromatic nitrogens is 1. The predicted molar refractivity (Wildman–Crippen MR) is 68.3 cm³/mol. The molecule has 0 saturated carbocycles. The molecule has 0 radical (unpaired) electrons. The molecular weight excluding hydrogens is 236 g/mol. The molecule has 0 bridgehead atoms. The zero-order valence-electron chi connectivity index (χ0n) is 9.52. The summed E-state index contributed by atoms with van der Waals surface area (Å²) in [6, 6.07) is 5.98. The number of carboxylic acid groups (broad SMARTS) is 1. The number of anilines is 2. The molecule has 4 nitrogen and oxygen atoms in total. The molecule has 0 aliphatic rings. The molecule has 2 aromatic rings. The average Bonchev–Trinajstić information content (AvgIpc) is 2.72. The number of hydrogen-bond donors (Lipinski definition) is 2. The van der Waals surface area contributed by atoms with E-state index in [-0.39, 0.29) is 4.88 Å². The molecule has 1 aromatic heterocycles. The number of carboxylic acids is 1. The van der Waals surface area contributed by atoms with Crippen molar-refractivity contribution in [2.45, 2.75) is 13.8 Å². The third kappa shape index (κ3) is 2.62. The van der Waals surface area contributed by atoms with Gasteiger partial charge < -0.3 is 10.4 Å². The number of aromatic carboxylic acids is 1. The van der Waals surface area contributed by atoms with Crippen LogP contribution in [0, 0.1) is 13.8 Å². The van der Waals surface area contributed by atoms with Crippen molar-refractivity contribution < 1.29 is 9.90 Å². The summed E-state index contributed by atoms with van der Waals surface area (Å²) in [5, 5.41) is 12.5. The first-order valence-corrected chi connectivity index (χ1v) is 5.91. The first kappa shape index (κ1) is 11.6. The molecule has 2 rings (SSSR count). The molecule has 0 amide bonds. The molecular formula is C12H12N2O2S. The summed E-state index contributed by atoms with van der Waals surface area (Å²) in [6.07, 6.45) is 1.36. The second-order valence-electron chi connectivity index (χ2n) is 3.76. The van der Waals surface area contributed by atoms with Gasteiger partial charge in [0.05, 0.1) is 6.20 Å². The Labute approximate surface area is 103 Å². The van der Waals surface area contributed by atoms with Crippen molar-refractivity contribution in [3.8, 4) is 0 Å². The zero-order chi connectivity index (χ0) is 12.4. The molecule has 0 spiro atoms. The molecule has 88 valence electrons. The fourth-order valence-corrected chi connectivity index (χ4v) is 2.05. The molecule has 0 aliphatic carbocycles. The highest BCUT2D eigenvalue weighted by Gasteiger charge is 2.08. The van der Waals surface area contributed by atoms with Crippen LogP contribution in [0.25, 0.3) is 0 Å². The summed E-state index contributed by atoms with van der Waals surface area (Å²) in [6.45, 7) is 4.08. The average molecular weight is 248 g/mol. The van der Waals surface area contributed by atoms with Crippen LogP contribution in [-0.4, -0.2) is 16.1 Å². The third-order valence-corrected chi connectivity index (χ3v) is 3.38. The maximum absolute atomic E-state index is 10.7. The Morgan fingerprint density at radius 3 is 2.71 bits per heavy atom. The monoisotopic (exact) mass is 248 g/mol. The van der Waals surface area contributed by atoms with Crippen LogP contribution < -0.4 is 5.32 Å². The van der Waals surface area contributed by atoms with Crippen LogP contribution in [0.3, 0.4) is 0 Å². The van der Waals surface area contributed by atoms with Crippen LogP contribution in [0.2, 0.25) is 0 Å². The number of aryl methyl sites for hydroxylation is 2. The molecule has 0 fully saturated rings. The Morgan fingerprint density at radius 1 is 1.35 bits per heavy atom.